The average molecular weight is 312 g/mol. The summed E-state index contributed by atoms with van der Waals surface area (Å²) in [5, 5.41) is 3.40. The van der Waals surface area contributed by atoms with Gasteiger partial charge in [0.15, 0.2) is 0 Å². The molecule has 4 heteroatoms. The van der Waals surface area contributed by atoms with Gasteiger partial charge in [-0.25, -0.2) is 0 Å². The molecule has 0 amide bonds. The Kier molecular flexibility index (Phi) is 6.63. The van der Waals surface area contributed by atoms with Crippen LogP contribution in [0.4, 0.5) is 0 Å². The molecule has 0 aliphatic rings. The van der Waals surface area contributed by atoms with Crippen LogP contribution in [-0.4, -0.2) is 24.2 Å². The molecular formula is C19H24N2O2. The van der Waals surface area contributed by atoms with Gasteiger partial charge in [0.25, 0.3) is 0 Å². The summed E-state index contributed by atoms with van der Waals surface area (Å²) in [5.41, 5.74) is 2.19. The zero-order valence-corrected chi connectivity index (χ0v) is 13.8. The number of nitrogens with zero attached hydrogens (tertiary/aromatic N) is 1. The van der Waals surface area contributed by atoms with Crippen LogP contribution in [0.15, 0.2) is 60.9 Å². The van der Waals surface area contributed by atoms with Gasteiger partial charge in [-0.05, 0) is 49.2 Å². The minimum atomic E-state index is 0.0713. The van der Waals surface area contributed by atoms with Crippen molar-refractivity contribution in [1.82, 2.24) is 10.3 Å². The van der Waals surface area contributed by atoms with Crippen molar-refractivity contribution in [3.8, 4) is 11.5 Å². The van der Waals surface area contributed by atoms with E-state index in [9.17, 15) is 0 Å². The van der Waals surface area contributed by atoms with Gasteiger partial charge < -0.3 is 14.8 Å². The first-order valence-corrected chi connectivity index (χ1v) is 7.77. The van der Waals surface area contributed by atoms with Crippen LogP contribution in [0.3, 0.4) is 0 Å². The maximum absolute atomic E-state index is 5.78. The second kappa shape index (κ2) is 8.96. The Labute approximate surface area is 138 Å². The molecule has 0 aliphatic carbocycles. The third-order valence-electron chi connectivity index (χ3n) is 3.12. The van der Waals surface area contributed by atoms with Crippen LogP contribution in [0.5, 0.6) is 11.5 Å². The van der Waals surface area contributed by atoms with Crippen LogP contribution < -0.4 is 14.8 Å². The second-order valence-electron chi connectivity index (χ2n) is 5.64. The van der Waals surface area contributed by atoms with Crippen molar-refractivity contribution in [3.05, 3.63) is 66.5 Å². The fraction of sp³-hybridized carbons (Fsp3) is 0.316. The van der Waals surface area contributed by atoms with Crippen LogP contribution in [-0.2, 0) is 6.54 Å². The molecule has 122 valence electrons. The van der Waals surface area contributed by atoms with E-state index >= 15 is 0 Å². The summed E-state index contributed by atoms with van der Waals surface area (Å²) in [4.78, 5) is 4.04. The van der Waals surface area contributed by atoms with E-state index in [0.29, 0.717) is 6.61 Å². The Morgan fingerprint density at radius 3 is 2.83 bits per heavy atom. The summed E-state index contributed by atoms with van der Waals surface area (Å²) in [6, 6.07) is 11.9. The van der Waals surface area contributed by atoms with Gasteiger partial charge in [0, 0.05) is 19.3 Å². The molecule has 4 nitrogen and oxygen atoms in total. The molecule has 1 unspecified atom stereocenters. The van der Waals surface area contributed by atoms with Crippen LogP contribution >= 0.6 is 0 Å². The highest BCUT2D eigenvalue weighted by atomic mass is 16.5. The predicted molar refractivity (Wildman–Crippen MR) is 92.8 cm³/mol. The monoisotopic (exact) mass is 312 g/mol. The lowest BCUT2D eigenvalue weighted by Crippen LogP contribution is -2.28. The quantitative estimate of drug-likeness (QED) is 0.719. The van der Waals surface area contributed by atoms with E-state index in [1.807, 2.05) is 44.2 Å². The molecule has 0 radical (unpaired) electrons. The molecule has 1 aromatic heterocycles. The lowest BCUT2D eigenvalue weighted by Gasteiger charge is -2.15. The largest absolute Gasteiger partial charge is 0.489 e. The smallest absolute Gasteiger partial charge is 0.138 e. The molecule has 1 aromatic carbocycles. The summed E-state index contributed by atoms with van der Waals surface area (Å²) < 4.78 is 11.4. The number of aromatic nitrogens is 1. The first kappa shape index (κ1) is 17.0. The summed E-state index contributed by atoms with van der Waals surface area (Å²) in [7, 11) is 0. The van der Waals surface area contributed by atoms with Crippen molar-refractivity contribution in [2.24, 2.45) is 0 Å². The molecule has 1 heterocycles. The van der Waals surface area contributed by atoms with Gasteiger partial charge in [-0.3, -0.25) is 4.98 Å². The highest BCUT2D eigenvalue weighted by Crippen LogP contribution is 2.14. The maximum atomic E-state index is 5.78. The molecule has 0 spiro atoms. The lowest BCUT2D eigenvalue weighted by molar-refractivity contribution is 0.216. The molecule has 0 fully saturated rings. The molecule has 0 saturated heterocycles. The Balaban J connectivity index is 1.75. The zero-order valence-electron chi connectivity index (χ0n) is 13.8. The standard InChI is InChI=1S/C19H24N2O2/c1-15(2)14-22-18-7-4-6-17(10-18)12-21-11-16(3)23-19-8-5-9-20-13-19/h4-10,13,16,21H,1,11-12,14H2,2-3H3. The normalized spacial score (nSPS) is 11.7. The van der Waals surface area contributed by atoms with Crippen LogP contribution in [0.25, 0.3) is 0 Å². The molecule has 0 aliphatic heterocycles. The van der Waals surface area contributed by atoms with Crippen LogP contribution in [0.1, 0.15) is 19.4 Å². The van der Waals surface area contributed by atoms with E-state index < -0.39 is 0 Å². The highest BCUT2D eigenvalue weighted by Gasteiger charge is 2.04. The van der Waals surface area contributed by atoms with Gasteiger partial charge in [0.2, 0.25) is 0 Å². The molecule has 2 aromatic rings. The average Bonchev–Trinajstić information content (AvgIpc) is 2.54. The Bertz CT molecular complexity index is 614. The van der Waals surface area contributed by atoms with E-state index in [4.69, 9.17) is 9.47 Å². The minimum Gasteiger partial charge on any atom is -0.489 e. The van der Waals surface area contributed by atoms with E-state index in [2.05, 4.69) is 22.9 Å². The molecular weight excluding hydrogens is 288 g/mol. The van der Waals surface area contributed by atoms with Gasteiger partial charge in [0.05, 0.1) is 6.20 Å². The fourth-order valence-electron chi connectivity index (χ4n) is 2.06. The van der Waals surface area contributed by atoms with Gasteiger partial charge in [-0.1, -0.05) is 18.7 Å². The third kappa shape index (κ3) is 6.53. The topological polar surface area (TPSA) is 43.4 Å². The van der Waals surface area contributed by atoms with Crippen molar-refractivity contribution >= 4 is 0 Å². The molecule has 1 atom stereocenters. The second-order valence-corrected chi connectivity index (χ2v) is 5.64. The van der Waals surface area contributed by atoms with E-state index in [-0.39, 0.29) is 6.10 Å². The zero-order chi connectivity index (χ0) is 16.5. The van der Waals surface area contributed by atoms with Crippen molar-refractivity contribution in [2.45, 2.75) is 26.5 Å². The summed E-state index contributed by atoms with van der Waals surface area (Å²) in [6.45, 7) is 9.90. The number of hydrogen-bond donors (Lipinski definition) is 1. The van der Waals surface area contributed by atoms with Gasteiger partial charge in [-0.2, -0.15) is 0 Å². The van der Waals surface area contributed by atoms with Crippen LogP contribution in [0, 0.1) is 0 Å². The first-order chi connectivity index (χ1) is 11.1. The van der Waals surface area contributed by atoms with Crippen LogP contribution in [0.2, 0.25) is 0 Å². The Hall–Kier alpha value is -2.33. The molecule has 0 saturated carbocycles. The van der Waals surface area contributed by atoms with E-state index in [1.54, 1.807) is 12.4 Å². The summed E-state index contributed by atoms with van der Waals surface area (Å²) >= 11 is 0. The Morgan fingerprint density at radius 1 is 1.26 bits per heavy atom. The van der Waals surface area contributed by atoms with Gasteiger partial charge >= 0.3 is 0 Å². The van der Waals surface area contributed by atoms with Gasteiger partial charge in [-0.15, -0.1) is 0 Å². The summed E-state index contributed by atoms with van der Waals surface area (Å²) in [5.74, 6) is 1.66. The maximum Gasteiger partial charge on any atom is 0.138 e. The number of ether oxygens (including phenoxy) is 2. The molecule has 2 rings (SSSR count). The molecule has 1 N–H and O–H groups in total. The van der Waals surface area contributed by atoms with Gasteiger partial charge in [0.1, 0.15) is 24.2 Å². The predicted octanol–water partition coefficient (Wildman–Crippen LogP) is 3.59. The van der Waals surface area contributed by atoms with Crippen molar-refractivity contribution in [3.63, 3.8) is 0 Å². The SMILES string of the molecule is C=C(C)COc1cccc(CNCC(C)Oc2cccnc2)c1. The van der Waals surface area contributed by atoms with Crippen molar-refractivity contribution in [2.75, 3.05) is 13.2 Å². The number of hydrogen-bond acceptors (Lipinski definition) is 4. The lowest BCUT2D eigenvalue weighted by atomic mass is 10.2. The number of benzene rings is 1. The summed E-state index contributed by atoms with van der Waals surface area (Å²) in [6.07, 6.45) is 3.53. The third-order valence-corrected chi connectivity index (χ3v) is 3.12. The van der Waals surface area contributed by atoms with Crippen molar-refractivity contribution in [1.29, 1.82) is 0 Å². The Morgan fingerprint density at radius 2 is 2.09 bits per heavy atom. The number of rotatable bonds is 9. The van der Waals surface area contributed by atoms with E-state index in [1.165, 1.54) is 5.56 Å². The number of nitrogens with one attached hydrogen (secondary N) is 1. The number of pyridine rings is 1. The highest BCUT2D eigenvalue weighted by molar-refractivity contribution is 5.28. The van der Waals surface area contributed by atoms with E-state index in [0.717, 1.165) is 30.2 Å². The first-order valence-electron chi connectivity index (χ1n) is 7.77. The van der Waals surface area contributed by atoms with Crippen molar-refractivity contribution < 1.29 is 9.47 Å². The minimum absolute atomic E-state index is 0.0713. The molecule has 23 heavy (non-hydrogen) atoms. The molecule has 0 bridgehead atoms. The fourth-order valence-corrected chi connectivity index (χ4v) is 2.06.